The predicted octanol–water partition coefficient (Wildman–Crippen LogP) is 3.69. The van der Waals surface area contributed by atoms with Crippen LogP contribution in [0, 0.1) is 11.8 Å². The Morgan fingerprint density at radius 2 is 1.95 bits per heavy atom. The Bertz CT molecular complexity index is 871. The second-order valence-electron chi connectivity index (χ2n) is 10.5. The minimum Gasteiger partial charge on any atom is -0.457 e. The van der Waals surface area contributed by atoms with Gasteiger partial charge in [-0.05, 0) is 51.2 Å². The van der Waals surface area contributed by atoms with Crippen LogP contribution in [0.15, 0.2) is 36.0 Å². The van der Waals surface area contributed by atoms with Gasteiger partial charge in [0.25, 0.3) is 0 Å². The van der Waals surface area contributed by atoms with Gasteiger partial charge in [0.15, 0.2) is 0 Å². The molecule has 0 radical (unpaired) electrons. The quantitative estimate of drug-likeness (QED) is 0.235. The van der Waals surface area contributed by atoms with Crippen molar-refractivity contribution >= 4 is 18.0 Å². The van der Waals surface area contributed by atoms with E-state index in [0.29, 0.717) is 0 Å². The maximum atomic E-state index is 12.5. The Kier molecular flexibility index (Phi) is 11.8. The van der Waals surface area contributed by atoms with E-state index in [1.807, 2.05) is 39.0 Å². The Balaban J connectivity index is 2.12. The second kappa shape index (κ2) is 14.3. The molecule has 2 aliphatic heterocycles. The maximum absolute atomic E-state index is 12.5. The molecule has 0 spiro atoms. The summed E-state index contributed by atoms with van der Waals surface area (Å²) in [6.07, 6.45) is 8.24. The van der Waals surface area contributed by atoms with Crippen LogP contribution in [-0.4, -0.2) is 76.8 Å². The number of esters is 2. The molecule has 0 bridgehead atoms. The predicted molar refractivity (Wildman–Crippen MR) is 138 cm³/mol. The number of ether oxygens (including phenoxy) is 3. The van der Waals surface area contributed by atoms with Crippen molar-refractivity contribution in [3.05, 3.63) is 36.0 Å². The number of carbonyl (C=O) groups excluding carboxylic acids is 3. The molecular weight excluding hydrogens is 478 g/mol. The lowest BCUT2D eigenvalue weighted by atomic mass is 9.88. The molecule has 37 heavy (non-hydrogen) atoms. The van der Waals surface area contributed by atoms with Crippen molar-refractivity contribution in [3.8, 4) is 0 Å². The van der Waals surface area contributed by atoms with E-state index in [2.05, 4.69) is 0 Å². The van der Waals surface area contributed by atoms with Gasteiger partial charge in [0.05, 0.1) is 19.1 Å². The number of likely N-dealkylation sites (tertiary alicyclic amines) is 1. The number of nitrogens with zero attached hydrogens (tertiary/aromatic N) is 1. The molecule has 0 aromatic rings. The first-order valence-corrected chi connectivity index (χ1v) is 13.1. The normalized spacial score (nSPS) is 31.7. The van der Waals surface area contributed by atoms with Crippen LogP contribution in [-0.2, 0) is 23.8 Å². The van der Waals surface area contributed by atoms with Crippen molar-refractivity contribution in [2.24, 2.45) is 11.8 Å². The Labute approximate surface area is 220 Å². The van der Waals surface area contributed by atoms with Gasteiger partial charge < -0.3 is 29.3 Å². The smallest absolute Gasteiger partial charge is 0.409 e. The zero-order chi connectivity index (χ0) is 27.6. The summed E-state index contributed by atoms with van der Waals surface area (Å²) in [5.41, 5.74) is -0.644. The summed E-state index contributed by atoms with van der Waals surface area (Å²) in [5, 5.41) is 21.2. The van der Waals surface area contributed by atoms with Crippen molar-refractivity contribution < 1.29 is 38.8 Å². The Hall–Kier alpha value is -2.65. The average molecular weight is 522 g/mol. The molecule has 1 saturated heterocycles. The first-order valence-electron chi connectivity index (χ1n) is 13.1. The number of allylic oxidation sites excluding steroid dienone is 2. The highest BCUT2D eigenvalue weighted by molar-refractivity contribution is 5.70. The van der Waals surface area contributed by atoms with Crippen molar-refractivity contribution in [2.75, 3.05) is 19.7 Å². The molecule has 2 N–H and O–H groups in total. The summed E-state index contributed by atoms with van der Waals surface area (Å²) in [6, 6.07) is 0. The summed E-state index contributed by atoms with van der Waals surface area (Å²) in [5.74, 6) is -1.38. The zero-order valence-corrected chi connectivity index (χ0v) is 22.7. The van der Waals surface area contributed by atoms with Crippen LogP contribution >= 0.6 is 0 Å². The van der Waals surface area contributed by atoms with Gasteiger partial charge in [-0.15, -0.1) is 0 Å². The van der Waals surface area contributed by atoms with E-state index >= 15 is 0 Å². The van der Waals surface area contributed by atoms with E-state index in [-0.39, 0.29) is 43.8 Å². The van der Waals surface area contributed by atoms with Crippen LogP contribution in [0.1, 0.15) is 66.7 Å². The molecule has 0 aromatic carbocycles. The lowest BCUT2D eigenvalue weighted by Crippen LogP contribution is -2.42. The fourth-order valence-electron chi connectivity index (χ4n) is 4.37. The van der Waals surface area contributed by atoms with E-state index in [1.165, 1.54) is 6.92 Å². The number of hydrogen-bond acceptors (Lipinski definition) is 8. The number of carbonyl (C=O) groups is 3. The van der Waals surface area contributed by atoms with Gasteiger partial charge >= 0.3 is 18.0 Å². The van der Waals surface area contributed by atoms with E-state index in [9.17, 15) is 24.6 Å². The molecule has 9 nitrogen and oxygen atoms in total. The molecule has 6 atom stereocenters. The molecule has 0 aromatic heterocycles. The van der Waals surface area contributed by atoms with Crippen molar-refractivity contribution in [3.63, 3.8) is 0 Å². The molecule has 1 amide bonds. The minimum atomic E-state index is -1.41. The van der Waals surface area contributed by atoms with Gasteiger partial charge in [-0.2, -0.15) is 0 Å². The van der Waals surface area contributed by atoms with Gasteiger partial charge in [-0.25, -0.2) is 4.79 Å². The van der Waals surface area contributed by atoms with E-state index < -0.39 is 35.9 Å². The lowest BCUT2D eigenvalue weighted by Gasteiger charge is -2.32. The van der Waals surface area contributed by atoms with Gasteiger partial charge in [0.1, 0.15) is 17.8 Å². The van der Waals surface area contributed by atoms with E-state index in [1.54, 1.807) is 24.0 Å². The summed E-state index contributed by atoms with van der Waals surface area (Å²) in [4.78, 5) is 38.0. The van der Waals surface area contributed by atoms with E-state index in [4.69, 9.17) is 14.2 Å². The first kappa shape index (κ1) is 30.6. The molecule has 9 heteroatoms. The fraction of sp³-hybridized carbons (Fsp3) is 0.679. The summed E-state index contributed by atoms with van der Waals surface area (Å²) in [7, 11) is 0. The van der Waals surface area contributed by atoms with Crippen molar-refractivity contribution in [2.45, 2.75) is 90.6 Å². The zero-order valence-electron chi connectivity index (χ0n) is 22.7. The van der Waals surface area contributed by atoms with E-state index in [0.717, 1.165) is 31.5 Å². The van der Waals surface area contributed by atoms with Crippen molar-refractivity contribution in [1.82, 2.24) is 4.90 Å². The third kappa shape index (κ3) is 10.3. The second-order valence-corrected chi connectivity index (χ2v) is 10.5. The van der Waals surface area contributed by atoms with Gasteiger partial charge in [0.2, 0.25) is 0 Å². The van der Waals surface area contributed by atoms with Crippen molar-refractivity contribution in [1.29, 1.82) is 0 Å². The highest BCUT2D eigenvalue weighted by Gasteiger charge is 2.35. The maximum Gasteiger partial charge on any atom is 0.409 e. The molecule has 208 valence electrons. The third-order valence-electron chi connectivity index (χ3n) is 6.70. The van der Waals surface area contributed by atoms with Gasteiger partial charge in [-0.3, -0.25) is 9.59 Å². The highest BCUT2D eigenvalue weighted by Crippen LogP contribution is 2.27. The number of aliphatic hydroxyl groups excluding tert-OH is 1. The van der Waals surface area contributed by atoms with Crippen LogP contribution in [0.5, 0.6) is 0 Å². The molecular formula is C28H43NO8. The standard InChI is InChI=1S/C28H43NO8/c1-19(18-35-27(33)29-15-6-7-16-29)9-8-10-20(2)26-21(3)11-12-24(36-22(4)30)28(5,34)14-13-23(31)17-25(32)37-26/h8-12,19,21,23-24,26,31,34H,6-7,13-18H2,1-5H3/b9-8+,12-11-,20-10+/t19-,21+,23+,24+,26-,28+/m1/s1. The first-order chi connectivity index (χ1) is 17.4. The summed E-state index contributed by atoms with van der Waals surface area (Å²) >= 11 is 0. The monoisotopic (exact) mass is 521 g/mol. The van der Waals surface area contributed by atoms with Crippen LogP contribution < -0.4 is 0 Å². The Morgan fingerprint density at radius 1 is 1.27 bits per heavy atom. The number of rotatable bonds is 6. The SMILES string of the molecule is CC(=O)O[C@H]1/C=C\[C@H](C)[C@@H](/C(C)=C/C=C/[C@@H](C)COC(=O)N2CCCC2)OC(=O)C[C@@H](O)CC[C@]1(C)O. The molecule has 1 fully saturated rings. The molecule has 0 unspecified atom stereocenters. The molecule has 0 aliphatic carbocycles. The lowest BCUT2D eigenvalue weighted by molar-refractivity contribution is -0.157. The minimum absolute atomic E-state index is 0.00588. The highest BCUT2D eigenvalue weighted by atomic mass is 16.6. The molecule has 2 rings (SSSR count). The molecule has 2 aliphatic rings. The average Bonchev–Trinajstić information content (AvgIpc) is 3.36. The topological polar surface area (TPSA) is 123 Å². The number of aliphatic hydroxyl groups is 2. The summed E-state index contributed by atoms with van der Waals surface area (Å²) < 4.78 is 16.5. The number of amides is 1. The molecule has 2 heterocycles. The molecule has 0 saturated carbocycles. The third-order valence-corrected chi connectivity index (χ3v) is 6.70. The van der Waals surface area contributed by atoms with Crippen LogP contribution in [0.2, 0.25) is 0 Å². The van der Waals surface area contributed by atoms with Gasteiger partial charge in [0, 0.05) is 31.8 Å². The Morgan fingerprint density at radius 3 is 2.59 bits per heavy atom. The largest absolute Gasteiger partial charge is 0.457 e. The summed E-state index contributed by atoms with van der Waals surface area (Å²) in [6.45, 7) is 10.2. The van der Waals surface area contributed by atoms with Crippen LogP contribution in [0.4, 0.5) is 4.79 Å². The number of hydrogen-bond donors (Lipinski definition) is 2. The van der Waals surface area contributed by atoms with Crippen LogP contribution in [0.25, 0.3) is 0 Å². The van der Waals surface area contributed by atoms with Gasteiger partial charge in [-0.1, -0.05) is 38.2 Å². The van der Waals surface area contributed by atoms with Crippen LogP contribution in [0.3, 0.4) is 0 Å². The fourth-order valence-corrected chi connectivity index (χ4v) is 4.37. The number of cyclic esters (lactones) is 1.